The highest BCUT2D eigenvalue weighted by Crippen LogP contribution is 2.28. The van der Waals surface area contributed by atoms with Gasteiger partial charge in [-0.15, -0.1) is 11.3 Å². The summed E-state index contributed by atoms with van der Waals surface area (Å²) < 4.78 is 14.1. The summed E-state index contributed by atoms with van der Waals surface area (Å²) in [6.07, 6.45) is 0. The summed E-state index contributed by atoms with van der Waals surface area (Å²) in [5, 5.41) is 3.58. The highest BCUT2D eigenvalue weighted by Gasteiger charge is 2.11. The van der Waals surface area contributed by atoms with Gasteiger partial charge in [-0.25, -0.2) is 4.39 Å². The van der Waals surface area contributed by atoms with Gasteiger partial charge in [0, 0.05) is 16.1 Å². The van der Waals surface area contributed by atoms with Crippen LogP contribution in [0.5, 0.6) is 0 Å². The fraction of sp³-hybridized carbons (Fsp3) is 0. The molecule has 3 aromatic rings. The van der Waals surface area contributed by atoms with Gasteiger partial charge in [0.05, 0.1) is 9.90 Å². The van der Waals surface area contributed by atoms with Crippen LogP contribution in [0, 0.1) is 5.82 Å². The van der Waals surface area contributed by atoms with E-state index in [4.69, 9.17) is 17.3 Å². The number of hydrogen-bond donors (Lipinski definition) is 2. The Morgan fingerprint density at radius 1 is 1.19 bits per heavy atom. The molecule has 0 bridgehead atoms. The molecule has 0 atom stereocenters. The van der Waals surface area contributed by atoms with Crippen molar-refractivity contribution in [3.8, 4) is 0 Å². The van der Waals surface area contributed by atoms with Crippen LogP contribution in [0.25, 0.3) is 10.1 Å². The van der Waals surface area contributed by atoms with Gasteiger partial charge in [-0.05, 0) is 47.9 Å². The van der Waals surface area contributed by atoms with E-state index in [9.17, 15) is 9.18 Å². The fourth-order valence-corrected chi connectivity index (χ4v) is 3.06. The van der Waals surface area contributed by atoms with E-state index in [0.717, 1.165) is 10.1 Å². The third kappa shape index (κ3) is 2.84. The smallest absolute Gasteiger partial charge is 0.265 e. The summed E-state index contributed by atoms with van der Waals surface area (Å²) in [4.78, 5) is 12.7. The predicted molar refractivity (Wildman–Crippen MR) is 85.6 cm³/mol. The molecular weight excluding hydrogens is 311 g/mol. The fourth-order valence-electron chi connectivity index (χ4n) is 1.94. The molecule has 1 amide bonds. The van der Waals surface area contributed by atoms with Gasteiger partial charge in [-0.3, -0.25) is 4.79 Å². The molecule has 0 radical (unpaired) electrons. The lowest BCUT2D eigenvalue weighted by Gasteiger charge is -2.04. The maximum atomic E-state index is 13.1. The molecule has 3 rings (SSSR count). The minimum atomic E-state index is -0.521. The normalized spacial score (nSPS) is 10.8. The largest absolute Gasteiger partial charge is 0.399 e. The van der Waals surface area contributed by atoms with Crippen molar-refractivity contribution in [1.29, 1.82) is 0 Å². The highest BCUT2D eigenvalue weighted by molar-refractivity contribution is 7.20. The van der Waals surface area contributed by atoms with Gasteiger partial charge >= 0.3 is 0 Å². The molecule has 21 heavy (non-hydrogen) atoms. The van der Waals surface area contributed by atoms with Crippen molar-refractivity contribution in [2.45, 2.75) is 0 Å². The molecule has 1 aromatic heterocycles. The minimum Gasteiger partial charge on any atom is -0.399 e. The predicted octanol–water partition coefficient (Wildman–Crippen LogP) is 4.53. The monoisotopic (exact) mass is 320 g/mol. The zero-order chi connectivity index (χ0) is 15.0. The van der Waals surface area contributed by atoms with Crippen LogP contribution in [0.3, 0.4) is 0 Å². The van der Waals surface area contributed by atoms with Gasteiger partial charge in [0.2, 0.25) is 0 Å². The summed E-state index contributed by atoms with van der Waals surface area (Å²) in [6.45, 7) is 0. The molecular formula is C15H10ClFN2OS. The van der Waals surface area contributed by atoms with Crippen molar-refractivity contribution in [3.05, 3.63) is 58.2 Å². The Labute approximate surface area is 129 Å². The van der Waals surface area contributed by atoms with Crippen LogP contribution in [-0.2, 0) is 0 Å². The van der Waals surface area contributed by atoms with Crippen LogP contribution in [0.15, 0.2) is 42.5 Å². The zero-order valence-electron chi connectivity index (χ0n) is 10.7. The lowest BCUT2D eigenvalue weighted by atomic mass is 10.2. The van der Waals surface area contributed by atoms with E-state index in [1.54, 1.807) is 12.1 Å². The molecule has 2 aromatic carbocycles. The minimum absolute atomic E-state index is 0.0306. The average molecular weight is 321 g/mol. The van der Waals surface area contributed by atoms with E-state index in [0.29, 0.717) is 16.3 Å². The van der Waals surface area contributed by atoms with E-state index < -0.39 is 5.82 Å². The molecule has 3 nitrogen and oxygen atoms in total. The maximum absolute atomic E-state index is 13.1. The third-order valence-corrected chi connectivity index (χ3v) is 4.35. The second-order valence-electron chi connectivity index (χ2n) is 4.49. The standard InChI is InChI=1S/C15H10ClFN2OS/c16-11-7-10(2-3-12(11)17)19-15(20)14-6-8-5-9(18)1-4-13(8)21-14/h1-7H,18H2,(H,19,20). The van der Waals surface area contributed by atoms with Crippen molar-refractivity contribution in [3.63, 3.8) is 0 Å². The van der Waals surface area contributed by atoms with Crippen molar-refractivity contribution in [2.24, 2.45) is 0 Å². The van der Waals surface area contributed by atoms with Crippen LogP contribution in [0.2, 0.25) is 5.02 Å². The molecule has 0 unspecified atom stereocenters. The second kappa shape index (κ2) is 5.35. The van der Waals surface area contributed by atoms with E-state index in [1.807, 2.05) is 12.1 Å². The first-order valence-electron chi connectivity index (χ1n) is 6.08. The van der Waals surface area contributed by atoms with Crippen molar-refractivity contribution in [2.75, 3.05) is 11.1 Å². The van der Waals surface area contributed by atoms with Crippen molar-refractivity contribution < 1.29 is 9.18 Å². The Balaban J connectivity index is 1.87. The molecule has 0 saturated carbocycles. The van der Waals surface area contributed by atoms with Crippen LogP contribution in [-0.4, -0.2) is 5.91 Å². The second-order valence-corrected chi connectivity index (χ2v) is 5.98. The summed E-state index contributed by atoms with van der Waals surface area (Å²) in [7, 11) is 0. The molecule has 0 saturated heterocycles. The van der Waals surface area contributed by atoms with Crippen molar-refractivity contribution >= 4 is 50.3 Å². The Kier molecular flexibility index (Phi) is 3.53. The SMILES string of the molecule is Nc1ccc2sc(C(=O)Nc3ccc(F)c(Cl)c3)cc2c1. The van der Waals surface area contributed by atoms with Gasteiger partial charge in [-0.2, -0.15) is 0 Å². The molecule has 0 aliphatic carbocycles. The maximum Gasteiger partial charge on any atom is 0.265 e. The number of hydrogen-bond acceptors (Lipinski definition) is 3. The van der Waals surface area contributed by atoms with Crippen LogP contribution < -0.4 is 11.1 Å². The number of carbonyl (C=O) groups is 1. The summed E-state index contributed by atoms with van der Waals surface area (Å²) in [6, 6.07) is 11.3. The summed E-state index contributed by atoms with van der Waals surface area (Å²) >= 11 is 7.05. The first-order valence-corrected chi connectivity index (χ1v) is 7.28. The number of benzene rings is 2. The van der Waals surface area contributed by atoms with Crippen molar-refractivity contribution in [1.82, 2.24) is 0 Å². The molecule has 106 valence electrons. The van der Waals surface area contributed by atoms with Gasteiger partial charge < -0.3 is 11.1 Å². The molecule has 0 fully saturated rings. The van der Waals surface area contributed by atoms with Gasteiger partial charge in [-0.1, -0.05) is 11.6 Å². The van der Waals surface area contributed by atoms with E-state index in [1.165, 1.54) is 29.5 Å². The van der Waals surface area contributed by atoms with Gasteiger partial charge in [0.25, 0.3) is 5.91 Å². The number of thiophene rings is 1. The van der Waals surface area contributed by atoms with Gasteiger partial charge in [0.1, 0.15) is 5.82 Å². The van der Waals surface area contributed by atoms with E-state index in [-0.39, 0.29) is 10.9 Å². The van der Waals surface area contributed by atoms with E-state index >= 15 is 0 Å². The number of nitrogens with one attached hydrogen (secondary N) is 1. The Morgan fingerprint density at radius 3 is 2.76 bits per heavy atom. The van der Waals surface area contributed by atoms with Gasteiger partial charge in [0.15, 0.2) is 0 Å². The number of carbonyl (C=O) groups excluding carboxylic acids is 1. The topological polar surface area (TPSA) is 55.1 Å². The number of nitrogen functional groups attached to an aromatic ring is 1. The number of halogens is 2. The molecule has 6 heteroatoms. The lowest BCUT2D eigenvalue weighted by molar-refractivity contribution is 0.103. The number of anilines is 2. The molecule has 1 heterocycles. The Bertz CT molecular complexity index is 847. The van der Waals surface area contributed by atoms with Crippen LogP contribution >= 0.6 is 22.9 Å². The number of rotatable bonds is 2. The third-order valence-electron chi connectivity index (χ3n) is 2.94. The number of fused-ring (bicyclic) bond motifs is 1. The first kappa shape index (κ1) is 13.9. The number of amides is 1. The average Bonchev–Trinajstić information content (AvgIpc) is 2.86. The summed E-state index contributed by atoms with van der Waals surface area (Å²) in [5.41, 5.74) is 6.82. The van der Waals surface area contributed by atoms with Crippen LogP contribution in [0.4, 0.5) is 15.8 Å². The highest BCUT2D eigenvalue weighted by atomic mass is 35.5. The Hall–Kier alpha value is -2.11. The number of nitrogens with two attached hydrogens (primary N) is 1. The zero-order valence-corrected chi connectivity index (χ0v) is 12.3. The Morgan fingerprint density at radius 2 is 2.00 bits per heavy atom. The quantitative estimate of drug-likeness (QED) is 0.682. The molecule has 0 aliphatic rings. The molecule has 3 N–H and O–H groups in total. The lowest BCUT2D eigenvalue weighted by Crippen LogP contribution is -2.10. The molecule has 0 aliphatic heterocycles. The van der Waals surface area contributed by atoms with E-state index in [2.05, 4.69) is 5.32 Å². The first-order chi connectivity index (χ1) is 10.0. The van der Waals surface area contributed by atoms with Crippen LogP contribution in [0.1, 0.15) is 9.67 Å². The summed E-state index contributed by atoms with van der Waals surface area (Å²) in [5.74, 6) is -0.788. The molecule has 0 spiro atoms.